The van der Waals surface area contributed by atoms with Crippen molar-refractivity contribution in [2.24, 2.45) is 5.41 Å². The standard InChI is InChI=1S/C13H26N2/c1-4-7-12(14)15-10-8-13(5-2,6-3)9-11-15/h14H,4-11H2,1-3H3. The molecule has 1 fully saturated rings. The van der Waals surface area contributed by atoms with Crippen molar-refractivity contribution in [3.63, 3.8) is 0 Å². The molecule has 0 saturated carbocycles. The van der Waals surface area contributed by atoms with Gasteiger partial charge in [-0.05, 0) is 24.7 Å². The molecule has 1 heterocycles. The van der Waals surface area contributed by atoms with Gasteiger partial charge in [0.05, 0.1) is 5.84 Å². The predicted molar refractivity (Wildman–Crippen MR) is 66.5 cm³/mol. The molecule has 0 amide bonds. The van der Waals surface area contributed by atoms with E-state index in [1.165, 1.54) is 25.7 Å². The Morgan fingerprint density at radius 3 is 2.07 bits per heavy atom. The molecule has 88 valence electrons. The first-order valence-electron chi connectivity index (χ1n) is 6.50. The highest BCUT2D eigenvalue weighted by Crippen LogP contribution is 2.37. The van der Waals surface area contributed by atoms with Crippen LogP contribution in [0.25, 0.3) is 0 Å². The van der Waals surface area contributed by atoms with E-state index in [4.69, 9.17) is 5.41 Å². The lowest BCUT2D eigenvalue weighted by Gasteiger charge is -2.42. The number of nitrogens with zero attached hydrogens (tertiary/aromatic N) is 1. The van der Waals surface area contributed by atoms with Gasteiger partial charge in [0.15, 0.2) is 0 Å². The van der Waals surface area contributed by atoms with Crippen LogP contribution >= 0.6 is 0 Å². The lowest BCUT2D eigenvalue weighted by atomic mass is 9.74. The van der Waals surface area contributed by atoms with Crippen LogP contribution in [0.4, 0.5) is 0 Å². The Labute approximate surface area is 94.6 Å². The molecule has 1 aliphatic heterocycles. The summed E-state index contributed by atoms with van der Waals surface area (Å²) in [5.74, 6) is 0.860. The topological polar surface area (TPSA) is 27.1 Å². The zero-order valence-electron chi connectivity index (χ0n) is 10.6. The Balaban J connectivity index is 2.44. The lowest BCUT2D eigenvalue weighted by molar-refractivity contribution is 0.134. The largest absolute Gasteiger partial charge is 0.361 e. The number of amidine groups is 1. The van der Waals surface area contributed by atoms with E-state index in [0.29, 0.717) is 5.41 Å². The minimum Gasteiger partial charge on any atom is -0.361 e. The molecule has 0 aliphatic carbocycles. The van der Waals surface area contributed by atoms with E-state index in [1.54, 1.807) is 0 Å². The van der Waals surface area contributed by atoms with Gasteiger partial charge in [0.25, 0.3) is 0 Å². The van der Waals surface area contributed by atoms with E-state index >= 15 is 0 Å². The van der Waals surface area contributed by atoms with Crippen LogP contribution in [0.2, 0.25) is 0 Å². The van der Waals surface area contributed by atoms with E-state index in [9.17, 15) is 0 Å². The van der Waals surface area contributed by atoms with E-state index in [-0.39, 0.29) is 0 Å². The molecule has 2 heteroatoms. The molecule has 1 aliphatic rings. The normalized spacial score (nSPS) is 20.3. The molecule has 1 rings (SSSR count). The maximum atomic E-state index is 7.95. The molecule has 0 spiro atoms. The van der Waals surface area contributed by atoms with Crippen LogP contribution in [0.1, 0.15) is 59.3 Å². The molecular formula is C13H26N2. The lowest BCUT2D eigenvalue weighted by Crippen LogP contribution is -2.42. The summed E-state index contributed by atoms with van der Waals surface area (Å²) in [5.41, 5.74) is 0.586. The Bertz CT molecular complexity index is 197. The summed E-state index contributed by atoms with van der Waals surface area (Å²) in [6.07, 6.45) is 7.22. The fourth-order valence-corrected chi connectivity index (χ4v) is 2.60. The molecule has 0 bridgehead atoms. The fourth-order valence-electron chi connectivity index (χ4n) is 2.60. The number of hydrogen-bond donors (Lipinski definition) is 1. The highest BCUT2D eigenvalue weighted by Gasteiger charge is 2.31. The fraction of sp³-hybridized carbons (Fsp3) is 0.923. The Hall–Kier alpha value is -0.530. The second kappa shape index (κ2) is 5.53. The van der Waals surface area contributed by atoms with Crippen LogP contribution < -0.4 is 0 Å². The Morgan fingerprint density at radius 1 is 1.13 bits per heavy atom. The molecular weight excluding hydrogens is 184 g/mol. The number of nitrogens with one attached hydrogen (secondary N) is 1. The molecule has 15 heavy (non-hydrogen) atoms. The van der Waals surface area contributed by atoms with Gasteiger partial charge in [0, 0.05) is 19.5 Å². The minimum atomic E-state index is 0.586. The molecule has 0 radical (unpaired) electrons. The first-order valence-corrected chi connectivity index (χ1v) is 6.50. The van der Waals surface area contributed by atoms with Crippen molar-refractivity contribution in [2.75, 3.05) is 13.1 Å². The van der Waals surface area contributed by atoms with Gasteiger partial charge >= 0.3 is 0 Å². The van der Waals surface area contributed by atoms with Gasteiger partial charge in [-0.3, -0.25) is 5.41 Å². The van der Waals surface area contributed by atoms with Crippen molar-refractivity contribution in [3.05, 3.63) is 0 Å². The zero-order chi connectivity index (χ0) is 11.3. The molecule has 0 unspecified atom stereocenters. The van der Waals surface area contributed by atoms with Crippen molar-refractivity contribution in [1.82, 2.24) is 4.90 Å². The molecule has 1 saturated heterocycles. The number of hydrogen-bond acceptors (Lipinski definition) is 1. The maximum absolute atomic E-state index is 7.95. The first-order chi connectivity index (χ1) is 7.17. The quantitative estimate of drug-likeness (QED) is 0.556. The van der Waals surface area contributed by atoms with E-state index < -0.39 is 0 Å². The second-order valence-electron chi connectivity index (χ2n) is 4.89. The van der Waals surface area contributed by atoms with Crippen LogP contribution in [0.5, 0.6) is 0 Å². The number of rotatable bonds is 4. The molecule has 1 N–H and O–H groups in total. The summed E-state index contributed by atoms with van der Waals surface area (Å²) in [4.78, 5) is 2.28. The summed E-state index contributed by atoms with van der Waals surface area (Å²) in [6, 6.07) is 0. The summed E-state index contributed by atoms with van der Waals surface area (Å²) in [5, 5.41) is 7.95. The third-order valence-electron chi connectivity index (χ3n) is 4.19. The Morgan fingerprint density at radius 2 is 1.67 bits per heavy atom. The maximum Gasteiger partial charge on any atom is 0.0957 e. The molecule has 2 nitrogen and oxygen atoms in total. The van der Waals surface area contributed by atoms with Gasteiger partial charge in [-0.1, -0.05) is 33.6 Å². The minimum absolute atomic E-state index is 0.586. The highest BCUT2D eigenvalue weighted by molar-refractivity contribution is 5.79. The SMILES string of the molecule is CCCC(=N)N1CCC(CC)(CC)CC1. The monoisotopic (exact) mass is 210 g/mol. The zero-order valence-corrected chi connectivity index (χ0v) is 10.6. The second-order valence-corrected chi connectivity index (χ2v) is 4.89. The average Bonchev–Trinajstić information content (AvgIpc) is 2.29. The van der Waals surface area contributed by atoms with E-state index in [1.807, 2.05) is 0 Å². The van der Waals surface area contributed by atoms with Crippen LogP contribution in [0.15, 0.2) is 0 Å². The first kappa shape index (κ1) is 12.5. The molecule has 0 atom stereocenters. The van der Waals surface area contributed by atoms with Crippen molar-refractivity contribution < 1.29 is 0 Å². The number of piperidine rings is 1. The summed E-state index contributed by atoms with van der Waals surface area (Å²) in [6.45, 7) is 9.01. The molecule has 0 aromatic heterocycles. The van der Waals surface area contributed by atoms with Crippen molar-refractivity contribution in [2.45, 2.75) is 59.3 Å². The molecule has 0 aromatic carbocycles. The summed E-state index contributed by atoms with van der Waals surface area (Å²) < 4.78 is 0. The predicted octanol–water partition coefficient (Wildman–Crippen LogP) is 3.67. The van der Waals surface area contributed by atoms with Crippen LogP contribution in [-0.2, 0) is 0 Å². The van der Waals surface area contributed by atoms with Gasteiger partial charge in [-0.15, -0.1) is 0 Å². The van der Waals surface area contributed by atoms with Crippen molar-refractivity contribution in [1.29, 1.82) is 5.41 Å². The summed E-state index contributed by atoms with van der Waals surface area (Å²) >= 11 is 0. The summed E-state index contributed by atoms with van der Waals surface area (Å²) in [7, 11) is 0. The Kier molecular flexibility index (Phi) is 4.62. The van der Waals surface area contributed by atoms with Crippen LogP contribution in [-0.4, -0.2) is 23.8 Å². The van der Waals surface area contributed by atoms with Crippen LogP contribution in [0, 0.1) is 10.8 Å². The van der Waals surface area contributed by atoms with E-state index in [2.05, 4.69) is 25.7 Å². The van der Waals surface area contributed by atoms with Gasteiger partial charge in [-0.25, -0.2) is 0 Å². The van der Waals surface area contributed by atoms with Gasteiger partial charge in [-0.2, -0.15) is 0 Å². The van der Waals surface area contributed by atoms with Gasteiger partial charge < -0.3 is 4.90 Å². The van der Waals surface area contributed by atoms with Crippen LogP contribution in [0.3, 0.4) is 0 Å². The highest BCUT2D eigenvalue weighted by atomic mass is 15.2. The smallest absolute Gasteiger partial charge is 0.0957 e. The van der Waals surface area contributed by atoms with Gasteiger partial charge in [0.1, 0.15) is 0 Å². The third-order valence-corrected chi connectivity index (χ3v) is 4.19. The molecule has 0 aromatic rings. The number of likely N-dealkylation sites (tertiary alicyclic amines) is 1. The third kappa shape index (κ3) is 2.96. The van der Waals surface area contributed by atoms with Gasteiger partial charge in [0.2, 0.25) is 0 Å². The average molecular weight is 210 g/mol. The van der Waals surface area contributed by atoms with Crippen molar-refractivity contribution in [3.8, 4) is 0 Å². The van der Waals surface area contributed by atoms with E-state index in [0.717, 1.165) is 31.8 Å². The van der Waals surface area contributed by atoms with Crippen molar-refractivity contribution >= 4 is 5.84 Å².